The molecule has 0 aliphatic heterocycles. The summed E-state index contributed by atoms with van der Waals surface area (Å²) >= 11 is 0. The summed E-state index contributed by atoms with van der Waals surface area (Å²) < 4.78 is 5.13. The van der Waals surface area contributed by atoms with Gasteiger partial charge in [-0.1, -0.05) is 24.3 Å². The minimum Gasteiger partial charge on any atom is -0.472 e. The van der Waals surface area contributed by atoms with Crippen LogP contribution in [0, 0.1) is 0 Å². The number of benzene rings is 2. The Morgan fingerprint density at radius 1 is 1.24 bits per heavy atom. The van der Waals surface area contributed by atoms with Gasteiger partial charge in [-0.05, 0) is 34.5 Å². The third-order valence-electron chi connectivity index (χ3n) is 3.24. The predicted molar refractivity (Wildman–Crippen MR) is 81.8 cm³/mol. The molecule has 0 fully saturated rings. The maximum Gasteiger partial charge on any atom is 0.256 e. The highest BCUT2D eigenvalue weighted by Gasteiger charge is 2.08. The monoisotopic (exact) mass is 279 g/mol. The van der Waals surface area contributed by atoms with Crippen molar-refractivity contribution in [1.29, 1.82) is 0 Å². The van der Waals surface area contributed by atoms with Crippen LogP contribution in [0.3, 0.4) is 0 Å². The zero-order valence-corrected chi connectivity index (χ0v) is 11.1. The van der Waals surface area contributed by atoms with Crippen LogP contribution in [-0.4, -0.2) is 12.2 Å². The molecule has 0 radical (unpaired) electrons. The summed E-state index contributed by atoms with van der Waals surface area (Å²) in [5.74, 6) is 4.72. The quantitative estimate of drug-likeness (QED) is 0.335. The van der Waals surface area contributed by atoms with E-state index in [0.29, 0.717) is 5.56 Å². The van der Waals surface area contributed by atoms with Crippen LogP contribution in [0.4, 0.5) is 0 Å². The fourth-order valence-corrected chi connectivity index (χ4v) is 2.27. The largest absolute Gasteiger partial charge is 0.472 e. The minimum absolute atomic E-state index is 0.250. The highest BCUT2D eigenvalue weighted by Crippen LogP contribution is 2.29. The van der Waals surface area contributed by atoms with E-state index in [0.717, 1.165) is 28.2 Å². The van der Waals surface area contributed by atoms with Crippen LogP contribution >= 0.6 is 0 Å². The molecule has 0 aliphatic rings. The van der Waals surface area contributed by atoms with Crippen LogP contribution in [0.2, 0.25) is 0 Å². The van der Waals surface area contributed by atoms with Crippen molar-refractivity contribution in [2.75, 3.05) is 0 Å². The van der Waals surface area contributed by atoms with Crippen molar-refractivity contribution >= 4 is 23.0 Å². The Balaban J connectivity index is 2.06. The third kappa shape index (κ3) is 2.49. The van der Waals surface area contributed by atoms with Gasteiger partial charge in [0.05, 0.1) is 12.5 Å². The molecular formula is C16H13N3O2. The molecule has 1 aromatic heterocycles. The van der Waals surface area contributed by atoms with Gasteiger partial charge < -0.3 is 15.6 Å². The first-order valence-corrected chi connectivity index (χ1v) is 6.37. The molecule has 0 saturated carbocycles. The van der Waals surface area contributed by atoms with Crippen LogP contribution in [0.25, 0.3) is 21.9 Å². The fourth-order valence-electron chi connectivity index (χ4n) is 2.27. The smallest absolute Gasteiger partial charge is 0.256 e. The highest BCUT2D eigenvalue weighted by atomic mass is 16.3. The average molecular weight is 279 g/mol. The van der Waals surface area contributed by atoms with E-state index < -0.39 is 0 Å². The number of fused-ring (bicyclic) bond motifs is 1. The standard InChI is InChI=1S/C16H13N3O2/c17-19-10-18-16(20)12-4-5-15-11(8-12)2-1-3-14(15)13-6-7-21-9-13/h1-10H,17H2,(H,18,19,20). The molecule has 2 aromatic carbocycles. The molecule has 1 amide bonds. The molecule has 0 saturated heterocycles. The normalized spacial score (nSPS) is 11.0. The van der Waals surface area contributed by atoms with E-state index in [-0.39, 0.29) is 5.91 Å². The van der Waals surface area contributed by atoms with Crippen LogP contribution in [0.15, 0.2) is 64.5 Å². The first kappa shape index (κ1) is 12.9. The lowest BCUT2D eigenvalue weighted by atomic mass is 9.98. The number of hydrazone groups is 1. The number of carbonyl (C=O) groups is 1. The number of hydrogen-bond donors (Lipinski definition) is 2. The zero-order chi connectivity index (χ0) is 14.7. The lowest BCUT2D eigenvalue weighted by Crippen LogP contribution is -2.22. The second-order valence-electron chi connectivity index (χ2n) is 4.51. The van der Waals surface area contributed by atoms with E-state index in [9.17, 15) is 4.79 Å². The number of nitrogens with two attached hydrogens (primary N) is 1. The molecule has 1 heterocycles. The highest BCUT2D eigenvalue weighted by molar-refractivity contribution is 6.05. The van der Waals surface area contributed by atoms with Crippen molar-refractivity contribution in [3.8, 4) is 11.1 Å². The number of rotatable bonds is 3. The Labute approximate surface area is 121 Å². The van der Waals surface area contributed by atoms with Gasteiger partial charge in [0.1, 0.15) is 6.34 Å². The van der Waals surface area contributed by atoms with Gasteiger partial charge in [-0.25, -0.2) is 0 Å². The van der Waals surface area contributed by atoms with Crippen molar-refractivity contribution in [3.63, 3.8) is 0 Å². The van der Waals surface area contributed by atoms with Gasteiger partial charge >= 0.3 is 0 Å². The Hall–Kier alpha value is -3.08. The predicted octanol–water partition coefficient (Wildman–Crippen LogP) is 2.73. The number of amides is 1. The van der Waals surface area contributed by atoms with Gasteiger partial charge in [-0.2, -0.15) is 5.10 Å². The number of nitrogens with one attached hydrogen (secondary N) is 1. The van der Waals surface area contributed by atoms with Gasteiger partial charge in [0.2, 0.25) is 0 Å². The van der Waals surface area contributed by atoms with E-state index in [1.807, 2.05) is 36.4 Å². The molecule has 0 atom stereocenters. The molecule has 0 aliphatic carbocycles. The van der Waals surface area contributed by atoms with E-state index in [2.05, 4.69) is 10.4 Å². The molecule has 3 aromatic rings. The molecule has 3 rings (SSSR count). The number of hydrogen-bond acceptors (Lipinski definition) is 4. The summed E-state index contributed by atoms with van der Waals surface area (Å²) in [7, 11) is 0. The maximum atomic E-state index is 11.9. The molecule has 5 heteroatoms. The Morgan fingerprint density at radius 2 is 2.14 bits per heavy atom. The van der Waals surface area contributed by atoms with Gasteiger partial charge in [0, 0.05) is 11.1 Å². The number of carbonyl (C=O) groups excluding carboxylic acids is 1. The zero-order valence-electron chi connectivity index (χ0n) is 11.1. The van der Waals surface area contributed by atoms with Crippen LogP contribution in [0.1, 0.15) is 10.4 Å². The first-order chi connectivity index (χ1) is 10.3. The molecule has 104 valence electrons. The van der Waals surface area contributed by atoms with Crippen LogP contribution in [-0.2, 0) is 0 Å². The summed E-state index contributed by atoms with van der Waals surface area (Å²) in [4.78, 5) is 11.9. The Bertz CT molecular complexity index is 808. The lowest BCUT2D eigenvalue weighted by molar-refractivity contribution is 0.0978. The molecule has 0 spiro atoms. The van der Waals surface area contributed by atoms with Crippen molar-refractivity contribution < 1.29 is 9.21 Å². The van der Waals surface area contributed by atoms with Crippen molar-refractivity contribution in [2.45, 2.75) is 0 Å². The van der Waals surface area contributed by atoms with E-state index in [1.54, 1.807) is 18.6 Å². The van der Waals surface area contributed by atoms with Gasteiger partial charge in [-0.15, -0.1) is 0 Å². The minimum atomic E-state index is -0.250. The summed E-state index contributed by atoms with van der Waals surface area (Å²) in [6, 6.07) is 13.4. The van der Waals surface area contributed by atoms with Crippen LogP contribution in [0.5, 0.6) is 0 Å². The first-order valence-electron chi connectivity index (χ1n) is 6.37. The summed E-state index contributed by atoms with van der Waals surface area (Å²) in [5.41, 5.74) is 2.62. The van der Waals surface area contributed by atoms with Gasteiger partial charge in [0.25, 0.3) is 5.91 Å². The number of nitrogens with zero attached hydrogens (tertiary/aromatic N) is 1. The lowest BCUT2D eigenvalue weighted by Gasteiger charge is -2.06. The summed E-state index contributed by atoms with van der Waals surface area (Å²) in [6.07, 6.45) is 4.50. The topological polar surface area (TPSA) is 80.6 Å². The summed E-state index contributed by atoms with van der Waals surface area (Å²) in [6.45, 7) is 0. The SMILES string of the molecule is N/N=C/NC(=O)c1ccc2c(-c3ccoc3)cccc2c1. The van der Waals surface area contributed by atoms with Crippen molar-refractivity contribution in [2.24, 2.45) is 10.9 Å². The second kappa shape index (κ2) is 5.50. The number of furan rings is 1. The Kier molecular flexibility index (Phi) is 3.39. The second-order valence-corrected chi connectivity index (χ2v) is 4.51. The molecule has 21 heavy (non-hydrogen) atoms. The fraction of sp³-hybridized carbons (Fsp3) is 0. The van der Waals surface area contributed by atoms with Crippen LogP contribution < -0.4 is 11.2 Å². The average Bonchev–Trinajstić information content (AvgIpc) is 3.05. The Morgan fingerprint density at radius 3 is 2.90 bits per heavy atom. The van der Waals surface area contributed by atoms with Gasteiger partial charge in [0.15, 0.2) is 0 Å². The van der Waals surface area contributed by atoms with Crippen molar-refractivity contribution in [1.82, 2.24) is 5.32 Å². The van der Waals surface area contributed by atoms with E-state index >= 15 is 0 Å². The van der Waals surface area contributed by atoms with Crippen molar-refractivity contribution in [3.05, 3.63) is 60.6 Å². The summed E-state index contributed by atoms with van der Waals surface area (Å²) in [5, 5.41) is 7.76. The molecule has 3 N–H and O–H groups in total. The van der Waals surface area contributed by atoms with Gasteiger partial charge in [-0.3, -0.25) is 4.79 Å². The molecule has 0 unspecified atom stereocenters. The molecule has 5 nitrogen and oxygen atoms in total. The molecular weight excluding hydrogens is 266 g/mol. The maximum absolute atomic E-state index is 11.9. The van der Waals surface area contributed by atoms with E-state index in [1.165, 1.54) is 0 Å². The molecule has 0 bridgehead atoms. The van der Waals surface area contributed by atoms with E-state index in [4.69, 9.17) is 10.3 Å². The third-order valence-corrected chi connectivity index (χ3v) is 3.24.